The summed E-state index contributed by atoms with van der Waals surface area (Å²) in [4.78, 5) is 18.4. The Morgan fingerprint density at radius 2 is 1.53 bits per heavy atom. The number of fused-ring (bicyclic) bond motifs is 1. The highest BCUT2D eigenvalue weighted by Gasteiger charge is 2.16. The van der Waals surface area contributed by atoms with E-state index in [4.69, 9.17) is 4.98 Å². The minimum absolute atomic E-state index is 0.0319. The Morgan fingerprint density at radius 1 is 0.816 bits per heavy atom. The largest absolute Gasteiger partial charge is 0.304 e. The Hall–Kier alpha value is -4.91. The molecule has 0 aliphatic rings. The first kappa shape index (κ1) is 23.5. The lowest BCUT2D eigenvalue weighted by Crippen LogP contribution is -2.21. The van der Waals surface area contributed by atoms with Crippen molar-refractivity contribution in [3.8, 4) is 33.6 Å². The van der Waals surface area contributed by atoms with E-state index in [1.807, 2.05) is 66.1 Å². The van der Waals surface area contributed by atoms with Crippen LogP contribution < -0.4 is 5.56 Å². The fraction of sp³-hybridized carbons (Fsp3) is 0.129. The highest BCUT2D eigenvalue weighted by molar-refractivity contribution is 5.96. The van der Waals surface area contributed by atoms with Gasteiger partial charge in [-0.05, 0) is 52.4 Å². The van der Waals surface area contributed by atoms with E-state index in [9.17, 15) is 4.79 Å². The second-order valence-electron chi connectivity index (χ2n) is 9.27. The minimum Gasteiger partial charge on any atom is -0.304 e. The zero-order valence-electron chi connectivity index (χ0n) is 21.2. The van der Waals surface area contributed by atoms with Crippen LogP contribution in [-0.2, 0) is 13.0 Å². The molecule has 3 aromatic carbocycles. The monoisotopic (exact) mass is 498 g/mol. The Morgan fingerprint density at radius 3 is 2.24 bits per heavy atom. The van der Waals surface area contributed by atoms with Crippen LogP contribution in [0.2, 0.25) is 0 Å². The van der Waals surface area contributed by atoms with Crippen LogP contribution in [0.4, 0.5) is 0 Å². The zero-order valence-corrected chi connectivity index (χ0v) is 21.2. The third-order valence-electron chi connectivity index (χ3n) is 6.89. The molecule has 7 heteroatoms. The summed E-state index contributed by atoms with van der Waals surface area (Å²) in [5, 5.41) is 15.5. The maximum absolute atomic E-state index is 13.5. The quantitative estimate of drug-likeness (QED) is 0.312. The molecule has 1 N–H and O–H groups in total. The molecule has 0 atom stereocenters. The van der Waals surface area contributed by atoms with Crippen LogP contribution >= 0.6 is 0 Å². The SMILES string of the molecule is CCc1cc2c(c(-c3ccccc3)cc(=O)n2Cc2ccc(-c3ccccc3-c3nn[nH]n3)cc2)c(C)n1. The third-order valence-corrected chi connectivity index (χ3v) is 6.89. The van der Waals surface area contributed by atoms with Gasteiger partial charge in [0.05, 0.1) is 12.1 Å². The molecule has 38 heavy (non-hydrogen) atoms. The maximum Gasteiger partial charge on any atom is 0.251 e. The smallest absolute Gasteiger partial charge is 0.251 e. The molecular formula is C31H26N6O. The van der Waals surface area contributed by atoms with E-state index >= 15 is 0 Å². The second-order valence-corrected chi connectivity index (χ2v) is 9.27. The summed E-state index contributed by atoms with van der Waals surface area (Å²) in [7, 11) is 0. The summed E-state index contributed by atoms with van der Waals surface area (Å²) in [6, 6.07) is 30.1. The lowest BCUT2D eigenvalue weighted by Gasteiger charge is -2.17. The molecule has 186 valence electrons. The first-order valence-electron chi connectivity index (χ1n) is 12.6. The van der Waals surface area contributed by atoms with Crippen LogP contribution in [0.15, 0.2) is 95.8 Å². The summed E-state index contributed by atoms with van der Waals surface area (Å²) < 4.78 is 1.86. The average molecular weight is 499 g/mol. The van der Waals surface area contributed by atoms with Crippen molar-refractivity contribution in [3.05, 3.63) is 118 Å². The topological polar surface area (TPSA) is 89.4 Å². The van der Waals surface area contributed by atoms with E-state index in [2.05, 4.69) is 57.9 Å². The van der Waals surface area contributed by atoms with Crippen molar-refractivity contribution in [1.82, 2.24) is 30.2 Å². The van der Waals surface area contributed by atoms with Gasteiger partial charge >= 0.3 is 0 Å². The molecule has 0 radical (unpaired) electrons. The van der Waals surface area contributed by atoms with Crippen molar-refractivity contribution >= 4 is 10.9 Å². The molecule has 3 heterocycles. The Bertz CT molecular complexity index is 1790. The van der Waals surface area contributed by atoms with Crippen molar-refractivity contribution in [3.63, 3.8) is 0 Å². The molecule has 7 nitrogen and oxygen atoms in total. The van der Waals surface area contributed by atoms with E-state index in [0.29, 0.717) is 12.4 Å². The minimum atomic E-state index is -0.0319. The van der Waals surface area contributed by atoms with E-state index < -0.39 is 0 Å². The number of nitrogens with one attached hydrogen (secondary N) is 1. The van der Waals surface area contributed by atoms with Crippen molar-refractivity contribution < 1.29 is 0 Å². The lowest BCUT2D eigenvalue weighted by atomic mass is 9.98. The maximum atomic E-state index is 13.5. The lowest BCUT2D eigenvalue weighted by molar-refractivity contribution is 0.792. The summed E-state index contributed by atoms with van der Waals surface area (Å²) in [6.45, 7) is 4.57. The Balaban J connectivity index is 1.43. The standard InChI is InChI=1S/C31H26N6O/c1-3-24-17-28-30(20(2)32-24)27(22-9-5-4-6-10-22)18-29(38)37(28)19-21-13-15-23(16-14-21)25-11-7-8-12-26(25)31-33-35-36-34-31/h4-18H,3,19H2,1-2H3,(H,33,34,35,36). The number of hydrogen-bond donors (Lipinski definition) is 1. The number of tetrazole rings is 1. The molecule has 0 aliphatic heterocycles. The van der Waals surface area contributed by atoms with Gasteiger partial charge in [-0.1, -0.05) is 85.8 Å². The highest BCUT2D eigenvalue weighted by atomic mass is 16.1. The van der Waals surface area contributed by atoms with Crippen LogP contribution in [0.25, 0.3) is 44.5 Å². The molecule has 6 rings (SSSR count). The van der Waals surface area contributed by atoms with E-state index in [0.717, 1.165) is 62.1 Å². The van der Waals surface area contributed by atoms with Crippen molar-refractivity contribution in [2.45, 2.75) is 26.8 Å². The number of H-pyrrole nitrogens is 1. The van der Waals surface area contributed by atoms with Gasteiger partial charge in [-0.15, -0.1) is 10.2 Å². The van der Waals surface area contributed by atoms with Gasteiger partial charge < -0.3 is 4.57 Å². The number of aryl methyl sites for hydroxylation is 2. The van der Waals surface area contributed by atoms with E-state index in [1.54, 1.807) is 6.07 Å². The molecule has 3 aromatic heterocycles. The van der Waals surface area contributed by atoms with Gasteiger partial charge in [-0.25, -0.2) is 0 Å². The average Bonchev–Trinajstić information content (AvgIpc) is 3.50. The van der Waals surface area contributed by atoms with Gasteiger partial charge in [-0.2, -0.15) is 5.21 Å². The van der Waals surface area contributed by atoms with Crippen LogP contribution in [0.5, 0.6) is 0 Å². The number of aromatic amines is 1. The van der Waals surface area contributed by atoms with Crippen molar-refractivity contribution in [1.29, 1.82) is 0 Å². The Labute approximate surface area is 219 Å². The molecule has 0 spiro atoms. The van der Waals surface area contributed by atoms with E-state index in [1.165, 1.54) is 0 Å². The number of hydrogen-bond acceptors (Lipinski definition) is 5. The summed E-state index contributed by atoms with van der Waals surface area (Å²) in [5.74, 6) is 0.553. The van der Waals surface area contributed by atoms with Crippen LogP contribution in [-0.4, -0.2) is 30.2 Å². The van der Waals surface area contributed by atoms with Crippen LogP contribution in [0, 0.1) is 6.92 Å². The molecule has 0 saturated heterocycles. The first-order chi connectivity index (χ1) is 18.6. The molecule has 0 saturated carbocycles. The Kier molecular flexibility index (Phi) is 6.09. The van der Waals surface area contributed by atoms with Gasteiger partial charge in [-0.3, -0.25) is 9.78 Å². The van der Waals surface area contributed by atoms with Gasteiger partial charge in [0.1, 0.15) is 0 Å². The number of benzene rings is 3. The number of rotatable bonds is 6. The highest BCUT2D eigenvalue weighted by Crippen LogP contribution is 2.32. The summed E-state index contributed by atoms with van der Waals surface area (Å²) in [5.41, 5.74) is 8.72. The number of nitrogens with zero attached hydrogens (tertiary/aromatic N) is 5. The number of aromatic nitrogens is 6. The summed E-state index contributed by atoms with van der Waals surface area (Å²) in [6.07, 6.45) is 0.801. The fourth-order valence-electron chi connectivity index (χ4n) is 5.02. The molecule has 0 bridgehead atoms. The predicted molar refractivity (Wildman–Crippen MR) is 150 cm³/mol. The van der Waals surface area contributed by atoms with E-state index in [-0.39, 0.29) is 5.56 Å². The molecule has 0 unspecified atom stereocenters. The van der Waals surface area contributed by atoms with Gasteiger partial charge in [0.15, 0.2) is 0 Å². The third kappa shape index (κ3) is 4.28. The molecule has 0 fully saturated rings. The molecular weight excluding hydrogens is 472 g/mol. The van der Waals surface area contributed by atoms with Gasteiger partial charge in [0, 0.05) is 28.4 Å². The fourth-order valence-corrected chi connectivity index (χ4v) is 5.02. The zero-order chi connectivity index (χ0) is 26.1. The molecule has 0 aliphatic carbocycles. The molecule has 0 amide bonds. The van der Waals surface area contributed by atoms with Crippen molar-refractivity contribution in [2.75, 3.05) is 0 Å². The van der Waals surface area contributed by atoms with Gasteiger partial charge in [0.2, 0.25) is 5.82 Å². The van der Waals surface area contributed by atoms with Crippen LogP contribution in [0.3, 0.4) is 0 Å². The van der Waals surface area contributed by atoms with Gasteiger partial charge in [0.25, 0.3) is 5.56 Å². The molecule has 6 aromatic rings. The summed E-state index contributed by atoms with van der Waals surface area (Å²) >= 11 is 0. The van der Waals surface area contributed by atoms with Crippen LogP contribution in [0.1, 0.15) is 23.9 Å². The normalized spacial score (nSPS) is 11.2. The first-order valence-corrected chi connectivity index (χ1v) is 12.6. The number of pyridine rings is 2. The predicted octanol–water partition coefficient (Wildman–Crippen LogP) is 5.83. The second kappa shape index (κ2) is 9.86. The van der Waals surface area contributed by atoms with Crippen molar-refractivity contribution in [2.24, 2.45) is 0 Å².